The van der Waals surface area contributed by atoms with E-state index in [1.807, 2.05) is 21.7 Å². The Morgan fingerprint density at radius 3 is 1.30 bits per heavy atom. The Morgan fingerprint density at radius 1 is 0.650 bits per heavy atom. The summed E-state index contributed by atoms with van der Waals surface area (Å²) in [7, 11) is 0. The highest BCUT2D eigenvalue weighted by Crippen LogP contribution is 1.72. The van der Waals surface area contributed by atoms with Crippen molar-refractivity contribution >= 4 is 47.1 Å². The van der Waals surface area contributed by atoms with Gasteiger partial charge in [-0.15, -0.1) is 23.2 Å². The van der Waals surface area contributed by atoms with Crippen LogP contribution in [-0.2, 0) is 9.59 Å². The van der Waals surface area contributed by atoms with E-state index in [9.17, 15) is 19.2 Å². The quantitative estimate of drug-likeness (QED) is 0.204. The van der Waals surface area contributed by atoms with Crippen LogP contribution >= 0.6 is 23.2 Å². The van der Waals surface area contributed by atoms with Crippen molar-refractivity contribution in [1.82, 2.24) is 32.3 Å². The maximum Gasteiger partial charge on any atom is 0.333 e. The second-order valence-electron chi connectivity index (χ2n) is 3.05. The third kappa shape index (κ3) is 9.05. The maximum absolute atomic E-state index is 11.2. The molecule has 0 saturated carbocycles. The van der Waals surface area contributed by atoms with Gasteiger partial charge in [0.15, 0.2) is 0 Å². The van der Waals surface area contributed by atoms with Gasteiger partial charge in [0.25, 0.3) is 0 Å². The van der Waals surface area contributed by atoms with Crippen LogP contribution in [-0.4, -0.2) is 48.7 Å². The fourth-order valence-electron chi connectivity index (χ4n) is 0.751. The van der Waals surface area contributed by atoms with Crippen molar-refractivity contribution in [2.45, 2.75) is 0 Å². The topological polar surface area (TPSA) is 140 Å². The zero-order valence-electron chi connectivity index (χ0n) is 10.2. The first kappa shape index (κ1) is 18.1. The van der Waals surface area contributed by atoms with E-state index in [-0.39, 0.29) is 24.8 Å². The molecule has 20 heavy (non-hydrogen) atoms. The Labute approximate surface area is 124 Å². The second-order valence-corrected chi connectivity index (χ2v) is 3.80. The zero-order chi connectivity index (χ0) is 15.4. The molecule has 0 unspecified atom stereocenters. The van der Waals surface area contributed by atoms with Gasteiger partial charge in [-0.2, -0.15) is 0 Å². The average Bonchev–Trinajstić information content (AvgIpc) is 2.45. The van der Waals surface area contributed by atoms with Gasteiger partial charge >= 0.3 is 23.9 Å². The van der Waals surface area contributed by atoms with E-state index in [0.717, 1.165) is 0 Å². The van der Waals surface area contributed by atoms with Crippen LogP contribution in [0.1, 0.15) is 0 Å². The van der Waals surface area contributed by atoms with Gasteiger partial charge in [-0.05, 0) is 0 Å². The molecule has 10 nitrogen and oxygen atoms in total. The van der Waals surface area contributed by atoms with Crippen molar-refractivity contribution in [1.29, 1.82) is 0 Å². The monoisotopic (exact) mass is 328 g/mol. The van der Waals surface area contributed by atoms with Crippen LogP contribution in [0, 0.1) is 0 Å². The summed E-state index contributed by atoms with van der Waals surface area (Å²) >= 11 is 10.6. The first-order chi connectivity index (χ1) is 9.51. The number of alkyl halides is 2. The van der Waals surface area contributed by atoms with Crippen LogP contribution in [0.25, 0.3) is 0 Å². The molecule has 0 heterocycles. The lowest BCUT2D eigenvalue weighted by molar-refractivity contribution is -0.140. The number of amides is 6. The second kappa shape index (κ2) is 10.9. The smallest absolute Gasteiger partial charge is 0.333 e. The molecule has 0 spiro atoms. The highest BCUT2D eigenvalue weighted by atomic mass is 35.5. The van der Waals surface area contributed by atoms with Gasteiger partial charge < -0.3 is 10.6 Å². The van der Waals surface area contributed by atoms with Crippen molar-refractivity contribution in [2.75, 3.05) is 24.8 Å². The summed E-state index contributed by atoms with van der Waals surface area (Å²) in [4.78, 5) is 44.3. The van der Waals surface area contributed by atoms with Crippen molar-refractivity contribution in [3.63, 3.8) is 0 Å². The van der Waals surface area contributed by atoms with Crippen molar-refractivity contribution < 1.29 is 19.2 Å². The molecule has 0 atom stereocenters. The Balaban J connectivity index is 3.84. The molecular formula is C8H14Cl2N6O4. The predicted octanol–water partition coefficient (Wildman–Crippen LogP) is -1.88. The summed E-state index contributed by atoms with van der Waals surface area (Å²) in [5.74, 6) is -1.96. The maximum atomic E-state index is 11.2. The molecule has 0 fully saturated rings. The lowest BCUT2D eigenvalue weighted by Crippen LogP contribution is -2.55. The molecule has 6 N–H and O–H groups in total. The molecule has 0 rings (SSSR count). The van der Waals surface area contributed by atoms with E-state index in [2.05, 4.69) is 10.6 Å². The first-order valence-corrected chi connectivity index (χ1v) is 6.38. The summed E-state index contributed by atoms with van der Waals surface area (Å²) in [5.41, 5.74) is 7.43. The SMILES string of the molecule is O=C(NCCCl)NNC(=O)C(=O)NNC(=O)NCCCl. The Hall–Kier alpha value is -1.94. The number of hydrogen-bond acceptors (Lipinski definition) is 4. The number of carbonyl (C=O) groups excluding carboxylic acids is 4. The number of carbonyl (C=O) groups is 4. The normalized spacial score (nSPS) is 9.10. The number of hydrazine groups is 2. The lowest BCUT2D eigenvalue weighted by atomic mass is 10.6. The van der Waals surface area contributed by atoms with Gasteiger partial charge in [0.05, 0.1) is 0 Å². The van der Waals surface area contributed by atoms with Crippen molar-refractivity contribution in [3.8, 4) is 0 Å². The number of hydrogen-bond donors (Lipinski definition) is 6. The molecule has 0 aromatic heterocycles. The molecule has 0 saturated heterocycles. The molecule has 0 bridgehead atoms. The van der Waals surface area contributed by atoms with Gasteiger partial charge in [-0.25, -0.2) is 20.4 Å². The molecule has 0 radical (unpaired) electrons. The van der Waals surface area contributed by atoms with Crippen LogP contribution in [0.3, 0.4) is 0 Å². The standard InChI is InChI=1S/C8H14Cl2N6O4/c9-1-3-11-7(19)15-13-5(17)6(18)14-16-8(20)12-4-2-10/h1-4H2,(H,13,17)(H,14,18)(H2,11,15,19)(H2,12,16,20). The van der Waals surface area contributed by atoms with Gasteiger partial charge in [0.2, 0.25) is 0 Å². The molecule has 114 valence electrons. The summed E-state index contributed by atoms with van der Waals surface area (Å²) in [5, 5.41) is 4.56. The molecule has 12 heteroatoms. The first-order valence-electron chi connectivity index (χ1n) is 5.31. The number of rotatable bonds is 4. The van der Waals surface area contributed by atoms with E-state index >= 15 is 0 Å². The van der Waals surface area contributed by atoms with Gasteiger partial charge in [0, 0.05) is 24.8 Å². The minimum absolute atomic E-state index is 0.192. The van der Waals surface area contributed by atoms with Gasteiger partial charge in [0.1, 0.15) is 0 Å². The van der Waals surface area contributed by atoms with E-state index < -0.39 is 23.9 Å². The summed E-state index contributed by atoms with van der Waals surface area (Å²) < 4.78 is 0. The number of urea groups is 2. The molecule has 0 aliphatic heterocycles. The Kier molecular flexibility index (Phi) is 9.87. The number of halogens is 2. The fourth-order valence-corrected chi connectivity index (χ4v) is 0.940. The Morgan fingerprint density at radius 2 is 1.00 bits per heavy atom. The summed E-state index contributed by atoms with van der Waals surface area (Å²) in [6, 6.07) is -1.47. The highest BCUT2D eigenvalue weighted by molar-refractivity contribution is 6.35. The fraction of sp³-hybridized carbons (Fsp3) is 0.500. The number of nitrogens with one attached hydrogen (secondary N) is 6. The van der Waals surface area contributed by atoms with E-state index in [1.54, 1.807) is 0 Å². The molecular weight excluding hydrogens is 315 g/mol. The van der Waals surface area contributed by atoms with E-state index in [4.69, 9.17) is 23.2 Å². The van der Waals surface area contributed by atoms with Gasteiger partial charge in [-0.1, -0.05) is 0 Å². The molecule has 0 aromatic rings. The van der Waals surface area contributed by atoms with Crippen LogP contribution in [0.4, 0.5) is 9.59 Å². The third-order valence-corrected chi connectivity index (χ3v) is 1.92. The molecule has 0 aromatic carbocycles. The Bertz CT molecular complexity index is 333. The van der Waals surface area contributed by atoms with Crippen LogP contribution in [0.2, 0.25) is 0 Å². The van der Waals surface area contributed by atoms with Gasteiger partial charge in [-0.3, -0.25) is 20.4 Å². The van der Waals surface area contributed by atoms with E-state index in [0.29, 0.717) is 0 Å². The highest BCUT2D eigenvalue weighted by Gasteiger charge is 2.14. The lowest BCUT2D eigenvalue weighted by Gasteiger charge is -2.09. The molecule has 0 aliphatic carbocycles. The van der Waals surface area contributed by atoms with E-state index in [1.165, 1.54) is 0 Å². The summed E-state index contributed by atoms with van der Waals surface area (Å²) in [6.45, 7) is 0.384. The summed E-state index contributed by atoms with van der Waals surface area (Å²) in [6.07, 6.45) is 0. The average molecular weight is 329 g/mol. The van der Waals surface area contributed by atoms with Crippen LogP contribution in [0.5, 0.6) is 0 Å². The van der Waals surface area contributed by atoms with Crippen molar-refractivity contribution in [3.05, 3.63) is 0 Å². The largest absolute Gasteiger partial charge is 0.336 e. The third-order valence-electron chi connectivity index (χ3n) is 1.55. The minimum atomic E-state index is -1.18. The zero-order valence-corrected chi connectivity index (χ0v) is 11.7. The van der Waals surface area contributed by atoms with Crippen LogP contribution in [0.15, 0.2) is 0 Å². The van der Waals surface area contributed by atoms with Crippen molar-refractivity contribution in [2.24, 2.45) is 0 Å². The molecule has 0 aliphatic rings. The van der Waals surface area contributed by atoms with Crippen LogP contribution < -0.4 is 32.3 Å². The predicted molar refractivity (Wildman–Crippen MR) is 70.8 cm³/mol. The minimum Gasteiger partial charge on any atom is -0.336 e. The molecule has 6 amide bonds.